The molecule has 298 valence electrons. The number of amides is 2. The first-order chi connectivity index (χ1) is 27.3. The largest absolute Gasteiger partial charge is 0.481 e. The molecule has 3 N–H and O–H groups in total. The van der Waals surface area contributed by atoms with Crippen LogP contribution in [0, 0.1) is 6.92 Å². The number of benzene rings is 2. The van der Waals surface area contributed by atoms with E-state index in [1.807, 2.05) is 31.2 Å². The van der Waals surface area contributed by atoms with Gasteiger partial charge in [-0.3, -0.25) is 18.8 Å². The van der Waals surface area contributed by atoms with Crippen LogP contribution in [0.5, 0.6) is 5.88 Å². The Kier molecular flexibility index (Phi) is 10.0. The molecule has 0 bridgehead atoms. The molecule has 3 aromatic heterocycles. The Labute approximate surface area is 331 Å². The third-order valence-electron chi connectivity index (χ3n) is 11.9. The number of aliphatic hydroxyl groups is 1. The minimum atomic E-state index is -2.94. The van der Waals surface area contributed by atoms with E-state index in [-0.39, 0.29) is 40.9 Å². The third kappa shape index (κ3) is 6.60. The first-order valence-electron chi connectivity index (χ1n) is 18.9. The van der Waals surface area contributed by atoms with Crippen LogP contribution < -0.4 is 26.6 Å². The number of carbonyl (C=O) groups excluding carboxylic acids is 1. The number of β-amino-alcohol motifs (C(OH)–C–C–N with tert-alkyl or cyclic N) is 1. The first kappa shape index (κ1) is 38.5. The van der Waals surface area contributed by atoms with E-state index in [9.17, 15) is 28.3 Å². The number of aryl methyl sites for hydroxylation is 2. The number of ether oxygens (including phenoxy) is 1. The lowest BCUT2D eigenvalue weighted by molar-refractivity contribution is 0.127. The summed E-state index contributed by atoms with van der Waals surface area (Å²) in [7, 11) is 4.37. The summed E-state index contributed by atoms with van der Waals surface area (Å²) < 4.78 is 36.1. The van der Waals surface area contributed by atoms with Crippen molar-refractivity contribution in [1.29, 1.82) is 0 Å². The molecule has 8 rings (SSSR count). The molecule has 3 aliphatic rings. The molecule has 2 amide bonds. The monoisotopic (exact) mass is 800 g/mol. The van der Waals surface area contributed by atoms with E-state index in [0.717, 1.165) is 76.2 Å². The highest BCUT2D eigenvalue weighted by Crippen LogP contribution is 2.47. The molecule has 2 aromatic carbocycles. The predicted octanol–water partition coefficient (Wildman–Crippen LogP) is 5.85. The van der Waals surface area contributed by atoms with Gasteiger partial charge in [-0.15, -0.1) is 0 Å². The van der Waals surface area contributed by atoms with E-state index in [1.54, 1.807) is 24.1 Å². The van der Waals surface area contributed by atoms with Crippen LogP contribution >= 0.6 is 11.6 Å². The quantitative estimate of drug-likeness (QED) is 0.167. The summed E-state index contributed by atoms with van der Waals surface area (Å²) in [5.41, 5.74) is 4.09. The van der Waals surface area contributed by atoms with Crippen molar-refractivity contribution in [3.05, 3.63) is 96.8 Å². The Morgan fingerprint density at radius 2 is 1.77 bits per heavy atom. The lowest BCUT2D eigenvalue weighted by atomic mass is 9.92. The van der Waals surface area contributed by atoms with E-state index in [1.165, 1.54) is 14.1 Å². The van der Waals surface area contributed by atoms with Crippen LogP contribution in [0.3, 0.4) is 0 Å². The van der Waals surface area contributed by atoms with Crippen molar-refractivity contribution >= 4 is 40.0 Å². The number of pyridine rings is 2. The molecule has 1 aliphatic carbocycles. The van der Waals surface area contributed by atoms with Gasteiger partial charge in [0.2, 0.25) is 5.88 Å². The summed E-state index contributed by atoms with van der Waals surface area (Å²) in [6.45, 7) is 4.29. The van der Waals surface area contributed by atoms with Crippen LogP contribution in [-0.4, -0.2) is 85.5 Å². The number of halogens is 3. The van der Waals surface area contributed by atoms with Gasteiger partial charge in [0.1, 0.15) is 16.9 Å². The molecular formula is C41H43ClF2N8O5. The number of fused-ring (bicyclic) bond motifs is 2. The lowest BCUT2D eigenvalue weighted by Gasteiger charge is -2.40. The molecule has 2 fully saturated rings. The topological polar surface area (TPSA) is 147 Å². The maximum absolute atomic E-state index is 14.0. The second-order valence-corrected chi connectivity index (χ2v) is 15.5. The number of hydrogen-bond acceptors (Lipinski definition) is 9. The molecule has 5 aromatic rings. The van der Waals surface area contributed by atoms with Gasteiger partial charge in [0.05, 0.1) is 35.5 Å². The number of aliphatic hydroxyl groups excluding tert-OH is 1. The number of hydrogen-bond donors (Lipinski definition) is 3. The highest BCUT2D eigenvalue weighted by Gasteiger charge is 2.46. The number of likely N-dealkylation sites (tertiary alicyclic amines) is 1. The Morgan fingerprint density at radius 1 is 1.04 bits per heavy atom. The third-order valence-corrected chi connectivity index (χ3v) is 12.3. The number of nitrogens with zero attached hydrogens (tertiary/aromatic N) is 6. The van der Waals surface area contributed by atoms with Crippen molar-refractivity contribution in [3.8, 4) is 28.3 Å². The maximum atomic E-state index is 14.0. The van der Waals surface area contributed by atoms with Crippen molar-refractivity contribution in [2.24, 2.45) is 14.1 Å². The minimum absolute atomic E-state index is 0.00304. The zero-order chi connectivity index (χ0) is 40.3. The fourth-order valence-corrected chi connectivity index (χ4v) is 9.13. The second-order valence-electron chi connectivity index (χ2n) is 15.1. The summed E-state index contributed by atoms with van der Waals surface area (Å²) in [5.74, 6) is 0.440. The number of carbonyl (C=O) groups is 1. The maximum Gasteiger partial charge on any atom is 0.330 e. The van der Waals surface area contributed by atoms with Crippen LogP contribution in [0.4, 0.5) is 25.1 Å². The van der Waals surface area contributed by atoms with Crippen LogP contribution in [-0.2, 0) is 20.5 Å². The number of alkyl halides is 2. The van der Waals surface area contributed by atoms with Gasteiger partial charge >= 0.3 is 11.7 Å². The molecule has 2 saturated heterocycles. The molecular weight excluding hydrogens is 758 g/mol. The Morgan fingerprint density at radius 3 is 2.51 bits per heavy atom. The zero-order valence-corrected chi connectivity index (χ0v) is 32.8. The highest BCUT2D eigenvalue weighted by atomic mass is 35.5. The molecule has 1 spiro atoms. The Hall–Kier alpha value is -5.38. The fourth-order valence-electron chi connectivity index (χ4n) is 8.81. The normalized spacial score (nSPS) is 19.5. The van der Waals surface area contributed by atoms with E-state index in [0.29, 0.717) is 46.5 Å². The fraction of sp³-hybridized carbons (Fsp3) is 0.390. The van der Waals surface area contributed by atoms with Gasteiger partial charge in [-0.25, -0.2) is 28.3 Å². The predicted molar refractivity (Wildman–Crippen MR) is 214 cm³/mol. The average molecular weight is 801 g/mol. The van der Waals surface area contributed by atoms with Crippen LogP contribution in [0.2, 0.25) is 5.02 Å². The molecule has 0 radical (unpaired) electrons. The number of nitrogens with one attached hydrogen (secondary N) is 2. The number of aromatic nitrogens is 4. The van der Waals surface area contributed by atoms with Crippen molar-refractivity contribution in [2.75, 3.05) is 45.2 Å². The minimum Gasteiger partial charge on any atom is -0.481 e. The highest BCUT2D eigenvalue weighted by molar-refractivity contribution is 6.36. The number of urea groups is 1. The van der Waals surface area contributed by atoms with Gasteiger partial charge in [-0.05, 0) is 67.5 Å². The van der Waals surface area contributed by atoms with Crippen molar-refractivity contribution in [1.82, 2.24) is 34.2 Å². The first-order valence-corrected chi connectivity index (χ1v) is 19.3. The lowest BCUT2D eigenvalue weighted by Crippen LogP contribution is -2.61. The number of anilines is 2. The standard InChI is InChI=1S/C41H43ClF2N8O5/c1-22-24(7-6-10-27(22)45-36-33-31(20-29(46-36)35(43)44)49(2)40(56)50(3)38(33)54)25-8-5-9-26(34(25)42)28-19-23-11-12-30(32(23)37(47-28)57-4)52-16-14-41(21-52)13-15-51(17-18-53)39(55)48-41/h5-10,19-20,30,35,53H,11-18,21H2,1-4H3,(H,45,46)(H,48,55)/t30-,41-/m1/s1. The van der Waals surface area contributed by atoms with E-state index >= 15 is 0 Å². The molecule has 2 aliphatic heterocycles. The zero-order valence-electron chi connectivity index (χ0n) is 32.0. The van der Waals surface area contributed by atoms with Crippen LogP contribution in [0.1, 0.15) is 54.1 Å². The molecule has 0 saturated carbocycles. The van der Waals surface area contributed by atoms with Crippen molar-refractivity contribution in [3.63, 3.8) is 0 Å². The molecule has 5 heterocycles. The molecule has 0 unspecified atom stereocenters. The summed E-state index contributed by atoms with van der Waals surface area (Å²) in [6, 6.07) is 14.3. The molecule has 13 nitrogen and oxygen atoms in total. The smallest absolute Gasteiger partial charge is 0.330 e. The second kappa shape index (κ2) is 14.8. The summed E-state index contributed by atoms with van der Waals surface area (Å²) in [6.07, 6.45) is 0.431. The van der Waals surface area contributed by atoms with E-state index in [2.05, 4.69) is 26.6 Å². The van der Waals surface area contributed by atoms with Gasteiger partial charge in [0.15, 0.2) is 0 Å². The summed E-state index contributed by atoms with van der Waals surface area (Å²) in [4.78, 5) is 52.0. The van der Waals surface area contributed by atoms with Gasteiger partial charge in [-0.1, -0.05) is 41.9 Å². The van der Waals surface area contributed by atoms with Crippen molar-refractivity contribution in [2.45, 2.75) is 50.6 Å². The van der Waals surface area contributed by atoms with E-state index < -0.39 is 23.4 Å². The average Bonchev–Trinajstić information content (AvgIpc) is 3.82. The van der Waals surface area contributed by atoms with Gasteiger partial charge in [0, 0.05) is 68.7 Å². The van der Waals surface area contributed by atoms with Gasteiger partial charge in [0.25, 0.3) is 12.0 Å². The molecule has 57 heavy (non-hydrogen) atoms. The van der Waals surface area contributed by atoms with Crippen LogP contribution in [0.25, 0.3) is 33.3 Å². The van der Waals surface area contributed by atoms with Gasteiger partial charge in [-0.2, -0.15) is 0 Å². The van der Waals surface area contributed by atoms with E-state index in [4.69, 9.17) is 21.3 Å². The van der Waals surface area contributed by atoms with Crippen molar-refractivity contribution < 1.29 is 23.4 Å². The SMILES string of the molecule is COc1nc(-c2cccc(-c3cccc(Nc4nc(C(F)F)cc5c4c(=O)n(C)c(=O)n5C)c3C)c2Cl)cc2c1[C@H](N1CC[C@]3(CCN(CCO)C(=O)N3)C1)CC2. The Balaban J connectivity index is 1.11. The number of rotatable bonds is 9. The molecule has 2 atom stereocenters. The molecule has 16 heteroatoms. The summed E-state index contributed by atoms with van der Waals surface area (Å²) >= 11 is 7.24. The summed E-state index contributed by atoms with van der Waals surface area (Å²) in [5, 5.41) is 16.2. The Bertz CT molecular complexity index is 2560. The van der Waals surface area contributed by atoms with Gasteiger partial charge < -0.3 is 25.4 Å². The van der Waals surface area contributed by atoms with Crippen LogP contribution in [0.15, 0.2) is 58.1 Å². The number of methoxy groups -OCH3 is 1.